The maximum atomic E-state index is 12.6. The summed E-state index contributed by atoms with van der Waals surface area (Å²) in [4.78, 5) is 38.0. The Kier molecular flexibility index (Phi) is 6.63. The Morgan fingerprint density at radius 3 is 2.58 bits per heavy atom. The van der Waals surface area contributed by atoms with E-state index in [1.54, 1.807) is 6.92 Å². The van der Waals surface area contributed by atoms with Gasteiger partial charge in [-0.1, -0.05) is 51.9 Å². The summed E-state index contributed by atoms with van der Waals surface area (Å²) in [5.41, 5.74) is -0.865. The molecule has 2 rings (SSSR count). The summed E-state index contributed by atoms with van der Waals surface area (Å²) >= 11 is 0. The summed E-state index contributed by atoms with van der Waals surface area (Å²) in [6.45, 7) is 3.72. The van der Waals surface area contributed by atoms with E-state index in [-0.39, 0.29) is 24.4 Å². The maximum absolute atomic E-state index is 12.6. The van der Waals surface area contributed by atoms with E-state index in [1.807, 2.05) is 0 Å². The second-order valence-corrected chi connectivity index (χ2v) is 7.37. The Morgan fingerprint density at radius 1 is 1.21 bits per heavy atom. The van der Waals surface area contributed by atoms with Crippen LogP contribution in [0.2, 0.25) is 0 Å². The third kappa shape index (κ3) is 4.71. The Morgan fingerprint density at radius 2 is 1.92 bits per heavy atom. The van der Waals surface area contributed by atoms with Crippen LogP contribution >= 0.6 is 0 Å². The lowest BCUT2D eigenvalue weighted by Crippen LogP contribution is -2.46. The fourth-order valence-electron chi connectivity index (χ4n) is 3.63. The van der Waals surface area contributed by atoms with Crippen molar-refractivity contribution in [2.75, 3.05) is 6.54 Å². The molecule has 1 aliphatic heterocycles. The van der Waals surface area contributed by atoms with Gasteiger partial charge in [0.25, 0.3) is 5.91 Å². The number of nitrogens with zero attached hydrogens (tertiary/aromatic N) is 1. The van der Waals surface area contributed by atoms with Crippen LogP contribution in [0.4, 0.5) is 4.79 Å². The Balaban J connectivity index is 1.84. The molecule has 4 amide bonds. The molecular formula is C18H31N3O3. The average molecular weight is 337 g/mol. The Hall–Kier alpha value is -1.59. The van der Waals surface area contributed by atoms with Crippen molar-refractivity contribution in [2.24, 2.45) is 0 Å². The number of carbonyl (C=O) groups excluding carboxylic acids is 3. The first-order valence-corrected chi connectivity index (χ1v) is 9.40. The highest BCUT2D eigenvalue weighted by molar-refractivity contribution is 6.08. The van der Waals surface area contributed by atoms with Crippen LogP contribution in [0.15, 0.2) is 0 Å². The predicted molar refractivity (Wildman–Crippen MR) is 92.4 cm³/mol. The molecule has 2 aliphatic rings. The zero-order valence-corrected chi connectivity index (χ0v) is 15.0. The van der Waals surface area contributed by atoms with Crippen molar-refractivity contribution in [3.05, 3.63) is 0 Å². The summed E-state index contributed by atoms with van der Waals surface area (Å²) in [7, 11) is 0. The second-order valence-electron chi connectivity index (χ2n) is 7.37. The minimum atomic E-state index is -0.865. The number of imide groups is 1. The molecule has 6 nitrogen and oxygen atoms in total. The van der Waals surface area contributed by atoms with Gasteiger partial charge in [0, 0.05) is 6.04 Å². The molecule has 1 unspecified atom stereocenters. The molecule has 1 heterocycles. The van der Waals surface area contributed by atoms with E-state index in [0.29, 0.717) is 6.42 Å². The van der Waals surface area contributed by atoms with Crippen molar-refractivity contribution in [1.82, 2.24) is 15.5 Å². The molecule has 2 N–H and O–H groups in total. The number of nitrogens with one attached hydrogen (secondary N) is 2. The van der Waals surface area contributed by atoms with Gasteiger partial charge >= 0.3 is 6.03 Å². The molecule has 2 fully saturated rings. The van der Waals surface area contributed by atoms with Gasteiger partial charge in [0.15, 0.2) is 0 Å². The number of urea groups is 1. The number of hydrogen-bond donors (Lipinski definition) is 2. The van der Waals surface area contributed by atoms with Gasteiger partial charge in [0.05, 0.1) is 0 Å². The maximum Gasteiger partial charge on any atom is 0.325 e. The molecule has 0 bridgehead atoms. The molecule has 0 aromatic carbocycles. The summed E-state index contributed by atoms with van der Waals surface area (Å²) < 4.78 is 0. The number of carbonyl (C=O) groups is 3. The van der Waals surface area contributed by atoms with Gasteiger partial charge < -0.3 is 10.6 Å². The molecule has 1 saturated carbocycles. The van der Waals surface area contributed by atoms with Crippen molar-refractivity contribution in [2.45, 2.75) is 89.6 Å². The largest absolute Gasteiger partial charge is 0.352 e. The zero-order chi connectivity index (χ0) is 17.6. The predicted octanol–water partition coefficient (Wildman–Crippen LogP) is 2.72. The van der Waals surface area contributed by atoms with E-state index in [1.165, 1.54) is 6.42 Å². The summed E-state index contributed by atoms with van der Waals surface area (Å²) in [5.74, 6) is -0.511. The van der Waals surface area contributed by atoms with Gasteiger partial charge in [-0.25, -0.2) is 4.79 Å². The molecule has 0 spiro atoms. The van der Waals surface area contributed by atoms with Crippen molar-refractivity contribution < 1.29 is 14.4 Å². The van der Waals surface area contributed by atoms with Crippen molar-refractivity contribution in [3.8, 4) is 0 Å². The highest BCUT2D eigenvalue weighted by atomic mass is 16.2. The first kappa shape index (κ1) is 18.7. The second kappa shape index (κ2) is 8.49. The third-order valence-corrected chi connectivity index (χ3v) is 5.15. The van der Waals surface area contributed by atoms with Crippen LogP contribution in [0.3, 0.4) is 0 Å². The minimum absolute atomic E-state index is 0.175. The number of rotatable bonds is 8. The topological polar surface area (TPSA) is 78.5 Å². The Bertz CT molecular complexity index is 474. The van der Waals surface area contributed by atoms with Gasteiger partial charge in [-0.15, -0.1) is 0 Å². The quantitative estimate of drug-likeness (QED) is 0.528. The first-order chi connectivity index (χ1) is 11.5. The lowest BCUT2D eigenvalue weighted by atomic mass is 9.94. The van der Waals surface area contributed by atoms with Crippen LogP contribution in [0.25, 0.3) is 0 Å². The summed E-state index contributed by atoms with van der Waals surface area (Å²) in [6.07, 6.45) is 10.3. The van der Waals surface area contributed by atoms with Gasteiger partial charge in [0.1, 0.15) is 12.1 Å². The highest BCUT2D eigenvalue weighted by Crippen LogP contribution is 2.24. The van der Waals surface area contributed by atoms with E-state index in [2.05, 4.69) is 17.6 Å². The van der Waals surface area contributed by atoms with Crippen molar-refractivity contribution in [3.63, 3.8) is 0 Å². The van der Waals surface area contributed by atoms with Crippen LogP contribution in [0.5, 0.6) is 0 Å². The summed E-state index contributed by atoms with van der Waals surface area (Å²) in [5, 5.41) is 5.73. The van der Waals surface area contributed by atoms with Crippen LogP contribution in [0, 0.1) is 0 Å². The van der Waals surface area contributed by atoms with Crippen LogP contribution in [0.1, 0.15) is 78.1 Å². The van der Waals surface area contributed by atoms with Crippen molar-refractivity contribution in [1.29, 1.82) is 0 Å². The van der Waals surface area contributed by atoms with Gasteiger partial charge in [-0.3, -0.25) is 14.5 Å². The van der Waals surface area contributed by atoms with E-state index >= 15 is 0 Å². The molecule has 6 heteroatoms. The van der Waals surface area contributed by atoms with Gasteiger partial charge in [-0.05, 0) is 26.2 Å². The standard InChI is InChI=1S/C18H31N3O3/c1-3-4-5-9-12-18(2)16(23)21(17(24)20-18)13-15(22)19-14-10-7-6-8-11-14/h14H,3-13H2,1-2H3,(H,19,22)(H,20,24). The molecule has 0 aromatic rings. The Labute approximate surface area is 144 Å². The molecule has 0 radical (unpaired) electrons. The lowest BCUT2D eigenvalue weighted by molar-refractivity contribution is -0.135. The van der Waals surface area contributed by atoms with E-state index in [0.717, 1.165) is 56.3 Å². The van der Waals surface area contributed by atoms with Crippen LogP contribution in [-0.2, 0) is 9.59 Å². The zero-order valence-electron chi connectivity index (χ0n) is 15.0. The molecule has 1 atom stereocenters. The molecule has 1 saturated heterocycles. The normalized spacial score (nSPS) is 25.0. The fourth-order valence-corrected chi connectivity index (χ4v) is 3.63. The SMILES string of the molecule is CCCCCCC1(C)NC(=O)N(CC(=O)NC2CCCCC2)C1=O. The number of unbranched alkanes of at least 4 members (excludes halogenated alkanes) is 3. The lowest BCUT2D eigenvalue weighted by Gasteiger charge is -2.24. The van der Waals surface area contributed by atoms with Crippen LogP contribution < -0.4 is 10.6 Å². The molecule has 0 aromatic heterocycles. The average Bonchev–Trinajstić information content (AvgIpc) is 2.76. The van der Waals surface area contributed by atoms with Gasteiger partial charge in [0.2, 0.25) is 5.91 Å². The number of hydrogen-bond acceptors (Lipinski definition) is 3. The molecular weight excluding hydrogens is 306 g/mol. The summed E-state index contributed by atoms with van der Waals surface area (Å²) in [6, 6.07) is -0.260. The van der Waals surface area contributed by atoms with Gasteiger partial charge in [-0.2, -0.15) is 0 Å². The molecule has 24 heavy (non-hydrogen) atoms. The van der Waals surface area contributed by atoms with E-state index < -0.39 is 11.6 Å². The molecule has 1 aliphatic carbocycles. The minimum Gasteiger partial charge on any atom is -0.352 e. The van der Waals surface area contributed by atoms with E-state index in [9.17, 15) is 14.4 Å². The third-order valence-electron chi connectivity index (χ3n) is 5.15. The number of amides is 4. The van der Waals surface area contributed by atoms with Crippen molar-refractivity contribution >= 4 is 17.8 Å². The molecule has 136 valence electrons. The highest BCUT2D eigenvalue weighted by Gasteiger charge is 2.47. The smallest absolute Gasteiger partial charge is 0.325 e. The van der Waals surface area contributed by atoms with Crippen LogP contribution in [-0.4, -0.2) is 40.9 Å². The van der Waals surface area contributed by atoms with E-state index in [4.69, 9.17) is 0 Å². The fraction of sp³-hybridized carbons (Fsp3) is 0.833. The first-order valence-electron chi connectivity index (χ1n) is 9.40. The monoisotopic (exact) mass is 337 g/mol.